The number of nitrogens with zero attached hydrogens (tertiary/aromatic N) is 1. The van der Waals surface area contributed by atoms with Crippen LogP contribution in [0.1, 0.15) is 5.56 Å². The fraction of sp³-hybridized carbons (Fsp3) is 0.100. The molecule has 2 rings (SSSR count). The van der Waals surface area contributed by atoms with Crippen molar-refractivity contribution in [3.05, 3.63) is 28.5 Å². The topological polar surface area (TPSA) is 53.4 Å². The van der Waals surface area contributed by atoms with Crippen molar-refractivity contribution in [3.63, 3.8) is 0 Å². The van der Waals surface area contributed by atoms with E-state index in [1.54, 1.807) is 0 Å². The summed E-state index contributed by atoms with van der Waals surface area (Å²) in [4.78, 5) is 3.73. The number of aromatic hydroxyl groups is 2. The summed E-state index contributed by atoms with van der Waals surface area (Å²) < 4.78 is 13.6. The molecule has 0 fully saturated rings. The summed E-state index contributed by atoms with van der Waals surface area (Å²) >= 11 is 5.58. The molecule has 5 heteroatoms. The SMILES string of the molecule is Cc1c(O)nc2ccc(Cl)c(F)c2c1O. The molecule has 2 N–H and O–H groups in total. The number of fused-ring (bicyclic) bond motifs is 1. The van der Waals surface area contributed by atoms with Gasteiger partial charge in [0.1, 0.15) is 5.75 Å². The van der Waals surface area contributed by atoms with Crippen LogP contribution in [0.3, 0.4) is 0 Å². The zero-order chi connectivity index (χ0) is 11.2. The number of hydrogen-bond acceptors (Lipinski definition) is 3. The summed E-state index contributed by atoms with van der Waals surface area (Å²) in [5.41, 5.74) is 0.293. The first-order chi connectivity index (χ1) is 7.02. The van der Waals surface area contributed by atoms with E-state index >= 15 is 0 Å². The second-order valence-electron chi connectivity index (χ2n) is 3.16. The zero-order valence-corrected chi connectivity index (χ0v) is 8.51. The van der Waals surface area contributed by atoms with Gasteiger partial charge in [-0.25, -0.2) is 9.37 Å². The molecule has 0 radical (unpaired) electrons. The van der Waals surface area contributed by atoms with Crippen molar-refractivity contribution in [3.8, 4) is 11.6 Å². The molecule has 0 amide bonds. The third kappa shape index (κ3) is 1.37. The first-order valence-electron chi connectivity index (χ1n) is 4.18. The van der Waals surface area contributed by atoms with Gasteiger partial charge in [-0.3, -0.25) is 0 Å². The van der Waals surface area contributed by atoms with Crippen LogP contribution >= 0.6 is 11.6 Å². The van der Waals surface area contributed by atoms with E-state index in [4.69, 9.17) is 11.6 Å². The molecule has 0 bridgehead atoms. The summed E-state index contributed by atoms with van der Waals surface area (Å²) in [6.45, 7) is 1.44. The van der Waals surface area contributed by atoms with Crippen molar-refractivity contribution in [2.24, 2.45) is 0 Å². The Bertz CT molecular complexity index is 557. The molecule has 0 unspecified atom stereocenters. The Morgan fingerprint density at radius 3 is 2.67 bits per heavy atom. The van der Waals surface area contributed by atoms with Crippen molar-refractivity contribution >= 4 is 22.5 Å². The molecule has 0 aliphatic heterocycles. The molecule has 0 spiro atoms. The van der Waals surface area contributed by atoms with E-state index in [-0.39, 0.29) is 33.1 Å². The highest BCUT2D eigenvalue weighted by Crippen LogP contribution is 2.35. The Hall–Kier alpha value is -1.55. The minimum Gasteiger partial charge on any atom is -0.507 e. The number of benzene rings is 1. The first-order valence-corrected chi connectivity index (χ1v) is 4.56. The fourth-order valence-corrected chi connectivity index (χ4v) is 1.51. The van der Waals surface area contributed by atoms with Crippen molar-refractivity contribution in [2.45, 2.75) is 6.92 Å². The third-order valence-electron chi connectivity index (χ3n) is 2.23. The second kappa shape index (κ2) is 3.24. The third-order valence-corrected chi connectivity index (χ3v) is 2.52. The average Bonchev–Trinajstić information content (AvgIpc) is 2.20. The maximum absolute atomic E-state index is 13.6. The van der Waals surface area contributed by atoms with E-state index in [1.165, 1.54) is 19.1 Å². The van der Waals surface area contributed by atoms with Crippen molar-refractivity contribution in [1.82, 2.24) is 4.98 Å². The lowest BCUT2D eigenvalue weighted by Gasteiger charge is -2.07. The molecule has 0 atom stereocenters. The molecule has 78 valence electrons. The van der Waals surface area contributed by atoms with Gasteiger partial charge in [0.25, 0.3) is 0 Å². The molecule has 0 aliphatic rings. The van der Waals surface area contributed by atoms with E-state index in [1.807, 2.05) is 0 Å². The number of halogens is 2. The zero-order valence-electron chi connectivity index (χ0n) is 7.75. The van der Waals surface area contributed by atoms with E-state index < -0.39 is 5.82 Å². The van der Waals surface area contributed by atoms with Gasteiger partial charge in [0.05, 0.1) is 21.5 Å². The van der Waals surface area contributed by atoms with Crippen LogP contribution in [0.15, 0.2) is 12.1 Å². The molecule has 15 heavy (non-hydrogen) atoms. The molecular formula is C10H7ClFNO2. The van der Waals surface area contributed by atoms with Gasteiger partial charge in [0.2, 0.25) is 5.88 Å². The Labute approximate surface area is 89.8 Å². The number of aromatic nitrogens is 1. The van der Waals surface area contributed by atoms with Crippen LogP contribution < -0.4 is 0 Å². The normalized spacial score (nSPS) is 10.9. The lowest BCUT2D eigenvalue weighted by molar-refractivity contribution is 0.432. The first kappa shape index (κ1) is 9.98. The van der Waals surface area contributed by atoms with Gasteiger partial charge < -0.3 is 10.2 Å². The van der Waals surface area contributed by atoms with Crippen molar-refractivity contribution < 1.29 is 14.6 Å². The van der Waals surface area contributed by atoms with Crippen LogP contribution in [-0.2, 0) is 0 Å². The maximum atomic E-state index is 13.6. The van der Waals surface area contributed by atoms with Crippen LogP contribution in [0.5, 0.6) is 11.6 Å². The highest BCUT2D eigenvalue weighted by Gasteiger charge is 2.15. The quantitative estimate of drug-likeness (QED) is 0.728. The average molecular weight is 228 g/mol. The Morgan fingerprint density at radius 1 is 1.33 bits per heavy atom. The van der Waals surface area contributed by atoms with E-state index in [2.05, 4.69) is 4.98 Å². The molecule has 3 nitrogen and oxygen atoms in total. The van der Waals surface area contributed by atoms with Gasteiger partial charge in [-0.2, -0.15) is 0 Å². The monoisotopic (exact) mass is 227 g/mol. The standard InChI is InChI=1S/C10H7ClFNO2/c1-4-9(14)7-6(13-10(4)15)3-2-5(11)8(7)12/h2-3H,1H3,(H2,13,14,15). The smallest absolute Gasteiger partial charge is 0.218 e. The Kier molecular flexibility index (Phi) is 2.16. The van der Waals surface area contributed by atoms with Gasteiger partial charge in [-0.15, -0.1) is 0 Å². The molecule has 1 aromatic carbocycles. The van der Waals surface area contributed by atoms with Crippen LogP contribution in [0.4, 0.5) is 4.39 Å². The van der Waals surface area contributed by atoms with E-state index in [0.29, 0.717) is 0 Å². The second-order valence-corrected chi connectivity index (χ2v) is 3.57. The van der Waals surface area contributed by atoms with Crippen LogP contribution in [-0.4, -0.2) is 15.2 Å². The molecule has 2 aromatic rings. The number of pyridine rings is 1. The molecular weight excluding hydrogens is 221 g/mol. The van der Waals surface area contributed by atoms with Gasteiger partial charge >= 0.3 is 0 Å². The van der Waals surface area contributed by atoms with Crippen molar-refractivity contribution in [1.29, 1.82) is 0 Å². The van der Waals surface area contributed by atoms with Crippen LogP contribution in [0.25, 0.3) is 10.9 Å². The summed E-state index contributed by atoms with van der Waals surface area (Å²) in [6, 6.07) is 2.75. The van der Waals surface area contributed by atoms with Crippen LogP contribution in [0.2, 0.25) is 5.02 Å². The molecule has 1 heterocycles. The highest BCUT2D eigenvalue weighted by molar-refractivity contribution is 6.31. The Morgan fingerprint density at radius 2 is 2.00 bits per heavy atom. The molecule has 1 aromatic heterocycles. The number of rotatable bonds is 0. The Balaban J connectivity index is 3.00. The van der Waals surface area contributed by atoms with Gasteiger partial charge in [-0.05, 0) is 19.1 Å². The van der Waals surface area contributed by atoms with Gasteiger partial charge in [0.15, 0.2) is 5.82 Å². The van der Waals surface area contributed by atoms with Crippen LogP contribution in [0, 0.1) is 12.7 Å². The minimum atomic E-state index is -0.734. The van der Waals surface area contributed by atoms with E-state index in [9.17, 15) is 14.6 Å². The maximum Gasteiger partial charge on any atom is 0.218 e. The van der Waals surface area contributed by atoms with Gasteiger partial charge in [-0.1, -0.05) is 11.6 Å². The lowest BCUT2D eigenvalue weighted by atomic mass is 10.1. The molecule has 0 aliphatic carbocycles. The predicted octanol–water partition coefficient (Wildman–Crippen LogP) is 2.75. The summed E-state index contributed by atoms with van der Waals surface area (Å²) in [7, 11) is 0. The van der Waals surface area contributed by atoms with E-state index in [0.717, 1.165) is 0 Å². The highest BCUT2D eigenvalue weighted by atomic mass is 35.5. The summed E-state index contributed by atoms with van der Waals surface area (Å²) in [5, 5.41) is 18.8. The number of hydrogen-bond donors (Lipinski definition) is 2. The molecule has 0 saturated carbocycles. The van der Waals surface area contributed by atoms with Gasteiger partial charge in [0, 0.05) is 0 Å². The fourth-order valence-electron chi connectivity index (χ4n) is 1.35. The summed E-state index contributed by atoms with van der Waals surface area (Å²) in [5.74, 6) is -1.39. The van der Waals surface area contributed by atoms with Crippen molar-refractivity contribution in [2.75, 3.05) is 0 Å². The largest absolute Gasteiger partial charge is 0.507 e. The lowest BCUT2D eigenvalue weighted by Crippen LogP contribution is -1.89. The minimum absolute atomic E-state index is 0.0715. The molecule has 0 saturated heterocycles. The predicted molar refractivity (Wildman–Crippen MR) is 54.8 cm³/mol. The summed E-state index contributed by atoms with van der Waals surface area (Å²) in [6.07, 6.45) is 0.